The van der Waals surface area contributed by atoms with E-state index in [0.29, 0.717) is 22.1 Å². The van der Waals surface area contributed by atoms with Crippen LogP contribution < -0.4 is 9.05 Å². The van der Waals surface area contributed by atoms with E-state index in [9.17, 15) is 9.36 Å². The molecule has 0 aliphatic heterocycles. The summed E-state index contributed by atoms with van der Waals surface area (Å²) in [6.07, 6.45) is 0. The molecule has 0 spiro atoms. The van der Waals surface area contributed by atoms with E-state index < -0.39 is 19.2 Å². The number of carbonyl (C=O) groups excluding carboxylic acids is 1. The zero-order valence-corrected chi connectivity index (χ0v) is 16.7. The lowest BCUT2D eigenvalue weighted by Gasteiger charge is -2.26. The standard InChI is InChI=1S/C21H18ClO5P/c1-25-21(23)20(16-12-14-17(22)15-13-16)28(24,26-18-8-4-2-5-9-18)27-19-10-6-3-7-11-19/h2-15,20H,1H3. The van der Waals surface area contributed by atoms with Crippen molar-refractivity contribution in [2.45, 2.75) is 5.66 Å². The van der Waals surface area contributed by atoms with E-state index in [4.69, 9.17) is 25.4 Å². The van der Waals surface area contributed by atoms with Crippen molar-refractivity contribution in [1.29, 1.82) is 0 Å². The molecule has 28 heavy (non-hydrogen) atoms. The molecule has 7 heteroatoms. The Labute approximate surface area is 168 Å². The molecule has 0 aromatic heterocycles. The molecule has 3 aromatic carbocycles. The number of benzene rings is 3. The monoisotopic (exact) mass is 416 g/mol. The van der Waals surface area contributed by atoms with Crippen molar-refractivity contribution < 1.29 is 23.1 Å². The molecule has 0 amide bonds. The van der Waals surface area contributed by atoms with Crippen LogP contribution in [0.3, 0.4) is 0 Å². The number of rotatable bonds is 7. The van der Waals surface area contributed by atoms with Crippen LogP contribution >= 0.6 is 19.2 Å². The zero-order chi connectivity index (χ0) is 20.0. The molecule has 1 atom stereocenters. The van der Waals surface area contributed by atoms with Gasteiger partial charge >= 0.3 is 13.6 Å². The fraction of sp³-hybridized carbons (Fsp3) is 0.0952. The SMILES string of the molecule is COC(=O)C(c1ccc(Cl)cc1)P(=O)(Oc1ccccc1)Oc1ccccc1. The van der Waals surface area contributed by atoms with Gasteiger partial charge in [0.1, 0.15) is 11.5 Å². The van der Waals surface area contributed by atoms with Gasteiger partial charge in [-0.25, -0.2) is 4.57 Å². The Morgan fingerprint density at radius 1 is 0.821 bits per heavy atom. The molecule has 3 aromatic rings. The number of hydrogen-bond donors (Lipinski definition) is 0. The summed E-state index contributed by atoms with van der Waals surface area (Å²) in [5.74, 6) is -0.119. The van der Waals surface area contributed by atoms with Gasteiger partial charge in [-0.1, -0.05) is 60.1 Å². The van der Waals surface area contributed by atoms with Crippen LogP contribution in [0.2, 0.25) is 5.02 Å². The molecule has 0 aliphatic carbocycles. The molecule has 0 N–H and O–H groups in total. The van der Waals surface area contributed by atoms with Gasteiger partial charge in [0.15, 0.2) is 0 Å². The highest BCUT2D eigenvalue weighted by Crippen LogP contribution is 2.60. The highest BCUT2D eigenvalue weighted by atomic mass is 35.5. The number of hydrogen-bond acceptors (Lipinski definition) is 5. The fourth-order valence-electron chi connectivity index (χ4n) is 2.59. The molecule has 0 aliphatic rings. The molecule has 1 unspecified atom stereocenters. The van der Waals surface area contributed by atoms with Gasteiger partial charge < -0.3 is 13.8 Å². The van der Waals surface area contributed by atoms with E-state index in [0.717, 1.165) is 0 Å². The summed E-state index contributed by atoms with van der Waals surface area (Å²) >= 11 is 5.96. The molecule has 0 saturated heterocycles. The molecule has 0 fully saturated rings. The Kier molecular flexibility index (Phi) is 6.40. The molecule has 0 bridgehead atoms. The van der Waals surface area contributed by atoms with Crippen LogP contribution in [0, 0.1) is 0 Å². The van der Waals surface area contributed by atoms with Crippen LogP contribution in [0.4, 0.5) is 0 Å². The second kappa shape index (κ2) is 8.96. The summed E-state index contributed by atoms with van der Waals surface area (Å²) in [7, 11) is -2.88. The van der Waals surface area contributed by atoms with Gasteiger partial charge in [0, 0.05) is 5.02 Å². The summed E-state index contributed by atoms with van der Waals surface area (Å²) in [5, 5.41) is 0.482. The Bertz CT molecular complexity index is 916. The van der Waals surface area contributed by atoms with E-state index in [-0.39, 0.29) is 0 Å². The molecule has 0 heterocycles. The Hall–Kier alpha value is -2.75. The topological polar surface area (TPSA) is 61.8 Å². The maximum Gasteiger partial charge on any atom is 0.449 e. The first-order valence-corrected chi connectivity index (χ1v) is 10.4. The number of esters is 1. The molecule has 144 valence electrons. The predicted molar refractivity (Wildman–Crippen MR) is 108 cm³/mol. The van der Waals surface area contributed by atoms with Crippen LogP contribution in [-0.4, -0.2) is 13.1 Å². The first kappa shape index (κ1) is 20.0. The van der Waals surface area contributed by atoms with Crippen molar-refractivity contribution in [3.8, 4) is 11.5 Å². The van der Waals surface area contributed by atoms with Crippen LogP contribution in [0.15, 0.2) is 84.9 Å². The summed E-state index contributed by atoms with van der Waals surface area (Å²) < 4.78 is 30.4. The van der Waals surface area contributed by atoms with Gasteiger partial charge in [0.25, 0.3) is 0 Å². The first-order valence-electron chi connectivity index (χ1n) is 8.44. The number of para-hydroxylation sites is 2. The minimum Gasteiger partial charge on any atom is -0.468 e. The number of carbonyl (C=O) groups is 1. The maximum atomic E-state index is 14.0. The fourth-order valence-corrected chi connectivity index (χ4v) is 4.69. The summed E-state index contributed by atoms with van der Waals surface area (Å²) in [5.41, 5.74) is -0.887. The molecule has 3 rings (SSSR count). The number of methoxy groups -OCH3 is 1. The Balaban J connectivity index is 2.09. The Morgan fingerprint density at radius 3 is 1.71 bits per heavy atom. The van der Waals surface area contributed by atoms with Crippen molar-refractivity contribution in [2.24, 2.45) is 0 Å². The summed E-state index contributed by atoms with van der Waals surface area (Å²) in [4.78, 5) is 12.6. The Morgan fingerprint density at radius 2 is 1.29 bits per heavy atom. The molecule has 0 saturated carbocycles. The van der Waals surface area contributed by atoms with Gasteiger partial charge in [-0.15, -0.1) is 0 Å². The van der Waals surface area contributed by atoms with Crippen LogP contribution in [0.25, 0.3) is 0 Å². The smallest absolute Gasteiger partial charge is 0.449 e. The van der Waals surface area contributed by atoms with E-state index >= 15 is 0 Å². The number of halogens is 1. The van der Waals surface area contributed by atoms with Crippen LogP contribution in [0.1, 0.15) is 11.2 Å². The highest BCUT2D eigenvalue weighted by Gasteiger charge is 2.46. The highest BCUT2D eigenvalue weighted by molar-refractivity contribution is 7.56. The van der Waals surface area contributed by atoms with Crippen molar-refractivity contribution in [3.63, 3.8) is 0 Å². The third-order valence-corrected chi connectivity index (χ3v) is 6.20. The second-order valence-electron chi connectivity index (χ2n) is 5.83. The third-order valence-electron chi connectivity index (χ3n) is 3.88. The van der Waals surface area contributed by atoms with Crippen molar-refractivity contribution in [2.75, 3.05) is 7.11 Å². The average Bonchev–Trinajstić information content (AvgIpc) is 2.71. The van der Waals surface area contributed by atoms with E-state index in [1.807, 2.05) is 0 Å². The normalized spacial score (nSPS) is 12.1. The quantitative estimate of drug-likeness (QED) is 0.354. The predicted octanol–water partition coefficient (Wildman–Crippen LogP) is 5.91. The third kappa shape index (κ3) is 4.75. The van der Waals surface area contributed by atoms with Crippen molar-refractivity contribution >= 4 is 25.2 Å². The van der Waals surface area contributed by atoms with Crippen molar-refractivity contribution in [1.82, 2.24) is 0 Å². The second-order valence-corrected chi connectivity index (χ2v) is 8.22. The average molecular weight is 417 g/mol. The molecular formula is C21H18ClO5P. The molecule has 5 nitrogen and oxygen atoms in total. The van der Waals surface area contributed by atoms with Gasteiger partial charge in [0.05, 0.1) is 7.11 Å². The van der Waals surface area contributed by atoms with Crippen LogP contribution in [-0.2, 0) is 14.1 Å². The van der Waals surface area contributed by atoms with Gasteiger partial charge in [-0.05, 0) is 42.0 Å². The van der Waals surface area contributed by atoms with E-state index in [2.05, 4.69) is 0 Å². The van der Waals surface area contributed by atoms with Gasteiger partial charge in [-0.3, -0.25) is 4.79 Å². The van der Waals surface area contributed by atoms with Crippen LogP contribution in [0.5, 0.6) is 11.5 Å². The lowest BCUT2D eigenvalue weighted by molar-refractivity contribution is -0.140. The van der Waals surface area contributed by atoms with Gasteiger partial charge in [0.2, 0.25) is 5.66 Å². The first-order chi connectivity index (χ1) is 13.5. The van der Waals surface area contributed by atoms with E-state index in [1.54, 1.807) is 84.9 Å². The largest absolute Gasteiger partial charge is 0.468 e. The van der Waals surface area contributed by atoms with Crippen molar-refractivity contribution in [3.05, 3.63) is 95.5 Å². The lowest BCUT2D eigenvalue weighted by atomic mass is 10.1. The zero-order valence-electron chi connectivity index (χ0n) is 15.0. The van der Waals surface area contributed by atoms with Gasteiger partial charge in [-0.2, -0.15) is 0 Å². The minimum atomic E-state index is -4.10. The minimum absolute atomic E-state index is 0.310. The maximum absolute atomic E-state index is 14.0. The van der Waals surface area contributed by atoms with E-state index in [1.165, 1.54) is 7.11 Å². The lowest BCUT2D eigenvalue weighted by Crippen LogP contribution is -2.20. The molecular weight excluding hydrogens is 399 g/mol. The number of ether oxygens (including phenoxy) is 1. The molecule has 0 radical (unpaired) electrons. The summed E-state index contributed by atoms with van der Waals surface area (Å²) in [6.45, 7) is 0. The summed E-state index contributed by atoms with van der Waals surface area (Å²) in [6, 6.07) is 23.5.